The predicted octanol–water partition coefficient (Wildman–Crippen LogP) is 1.84. The summed E-state index contributed by atoms with van der Waals surface area (Å²) in [6.07, 6.45) is 1.23. The van der Waals surface area contributed by atoms with Crippen LogP contribution < -0.4 is 15.4 Å². The molecule has 2 fully saturated rings. The number of hydrogen-bond acceptors (Lipinski definition) is 6. The van der Waals surface area contributed by atoms with Gasteiger partial charge in [-0.1, -0.05) is 42.5 Å². The largest absolute Gasteiger partial charge is 0.497 e. The van der Waals surface area contributed by atoms with Crippen molar-refractivity contribution >= 4 is 17.6 Å². The zero-order chi connectivity index (χ0) is 24.8. The van der Waals surface area contributed by atoms with Gasteiger partial charge in [0.05, 0.1) is 32.3 Å². The lowest BCUT2D eigenvalue weighted by Crippen LogP contribution is -2.55. The molecule has 0 aromatic heterocycles. The first-order chi connectivity index (χ1) is 16.9. The molecule has 4 atom stereocenters. The van der Waals surface area contributed by atoms with Crippen LogP contribution in [0.5, 0.6) is 5.75 Å². The Morgan fingerprint density at radius 3 is 2.26 bits per heavy atom. The predicted molar refractivity (Wildman–Crippen MR) is 129 cm³/mol. The van der Waals surface area contributed by atoms with E-state index in [4.69, 9.17) is 14.2 Å². The molecule has 8 nitrogen and oxygen atoms in total. The molecule has 1 unspecified atom stereocenters. The van der Waals surface area contributed by atoms with Crippen LogP contribution in [0.3, 0.4) is 0 Å². The van der Waals surface area contributed by atoms with Crippen molar-refractivity contribution in [2.75, 3.05) is 26.9 Å². The standard InChI is InChI=1S/C27H32N2O6/c1-27(17-35-27)24(30)22(14-18-6-4-3-5-7-18)28-26(32)23(29-25(31)20-12-13-34-16-20)15-19-8-10-21(33-2)11-9-19/h3-11,20,22-23H,12-17H2,1-2H3,(H,28,32)(H,29,31)/t20-,22+,23?,27-/m0/s1. The average molecular weight is 481 g/mol. The molecule has 0 spiro atoms. The molecule has 2 aliphatic rings. The quantitative estimate of drug-likeness (QED) is 0.476. The van der Waals surface area contributed by atoms with Gasteiger partial charge in [0.1, 0.15) is 17.4 Å². The molecule has 0 bridgehead atoms. The third-order valence-electron chi connectivity index (χ3n) is 6.55. The fourth-order valence-corrected chi connectivity index (χ4v) is 4.19. The monoisotopic (exact) mass is 480 g/mol. The van der Waals surface area contributed by atoms with Crippen molar-refractivity contribution < 1.29 is 28.6 Å². The fourth-order valence-electron chi connectivity index (χ4n) is 4.19. The molecule has 0 aliphatic carbocycles. The van der Waals surface area contributed by atoms with Gasteiger partial charge < -0.3 is 24.8 Å². The normalized spacial score (nSPS) is 22.6. The van der Waals surface area contributed by atoms with Crippen LogP contribution in [0.4, 0.5) is 0 Å². The Bertz CT molecular complexity index is 1030. The summed E-state index contributed by atoms with van der Waals surface area (Å²) in [5.74, 6) is -0.394. The van der Waals surface area contributed by atoms with E-state index in [2.05, 4.69) is 10.6 Å². The van der Waals surface area contributed by atoms with Gasteiger partial charge >= 0.3 is 0 Å². The molecule has 4 rings (SSSR count). The first-order valence-electron chi connectivity index (χ1n) is 11.9. The molecule has 2 aliphatic heterocycles. The van der Waals surface area contributed by atoms with E-state index in [0.29, 0.717) is 38.4 Å². The number of methoxy groups -OCH3 is 1. The highest BCUT2D eigenvalue weighted by atomic mass is 16.6. The van der Waals surface area contributed by atoms with Crippen molar-refractivity contribution in [1.82, 2.24) is 10.6 Å². The van der Waals surface area contributed by atoms with Gasteiger partial charge in [0, 0.05) is 13.0 Å². The van der Waals surface area contributed by atoms with E-state index >= 15 is 0 Å². The first-order valence-corrected chi connectivity index (χ1v) is 11.9. The Balaban J connectivity index is 1.52. The summed E-state index contributed by atoms with van der Waals surface area (Å²) in [7, 11) is 1.59. The first kappa shape index (κ1) is 24.9. The van der Waals surface area contributed by atoms with Crippen molar-refractivity contribution in [1.29, 1.82) is 0 Å². The van der Waals surface area contributed by atoms with E-state index in [0.717, 1.165) is 11.1 Å². The lowest BCUT2D eigenvalue weighted by Gasteiger charge is -2.25. The number of hydrogen-bond donors (Lipinski definition) is 2. The molecule has 0 radical (unpaired) electrons. The molecule has 186 valence electrons. The fraction of sp³-hybridized carbons (Fsp3) is 0.444. The Morgan fingerprint density at radius 2 is 1.66 bits per heavy atom. The molecule has 2 aromatic rings. The van der Waals surface area contributed by atoms with Crippen LogP contribution in [0.15, 0.2) is 54.6 Å². The number of rotatable bonds is 11. The minimum Gasteiger partial charge on any atom is -0.497 e. The molecule has 35 heavy (non-hydrogen) atoms. The third-order valence-corrected chi connectivity index (χ3v) is 6.55. The molecule has 2 amide bonds. The lowest BCUT2D eigenvalue weighted by atomic mass is 9.94. The lowest BCUT2D eigenvalue weighted by molar-refractivity contribution is -0.133. The molecule has 2 saturated heterocycles. The summed E-state index contributed by atoms with van der Waals surface area (Å²) in [4.78, 5) is 39.5. The van der Waals surface area contributed by atoms with Gasteiger partial charge in [-0.3, -0.25) is 14.4 Å². The molecule has 0 saturated carbocycles. The van der Waals surface area contributed by atoms with Crippen molar-refractivity contribution in [3.8, 4) is 5.75 Å². The van der Waals surface area contributed by atoms with Crippen LogP contribution in [0.1, 0.15) is 24.5 Å². The number of Topliss-reactive ketones (excluding diaryl/α,β-unsaturated/α-hetero) is 1. The van der Waals surface area contributed by atoms with Crippen LogP contribution in [0.2, 0.25) is 0 Å². The van der Waals surface area contributed by atoms with Gasteiger partial charge in [-0.15, -0.1) is 0 Å². The van der Waals surface area contributed by atoms with Crippen molar-refractivity contribution in [3.05, 3.63) is 65.7 Å². The van der Waals surface area contributed by atoms with Crippen LogP contribution in [-0.4, -0.2) is 62.2 Å². The maximum atomic E-state index is 13.5. The van der Waals surface area contributed by atoms with Crippen LogP contribution in [-0.2, 0) is 36.7 Å². The van der Waals surface area contributed by atoms with E-state index in [9.17, 15) is 14.4 Å². The zero-order valence-corrected chi connectivity index (χ0v) is 20.1. The number of ketones is 1. The maximum absolute atomic E-state index is 13.5. The minimum atomic E-state index is -0.886. The number of nitrogens with one attached hydrogen (secondary N) is 2. The molecule has 2 aromatic carbocycles. The van der Waals surface area contributed by atoms with E-state index in [1.807, 2.05) is 54.6 Å². The number of carbonyl (C=O) groups is 3. The molecule has 8 heteroatoms. The van der Waals surface area contributed by atoms with Crippen LogP contribution in [0, 0.1) is 5.92 Å². The summed E-state index contributed by atoms with van der Waals surface area (Å²) >= 11 is 0. The number of amides is 2. The number of benzene rings is 2. The van der Waals surface area contributed by atoms with Gasteiger partial charge in [0.15, 0.2) is 5.78 Å². The Kier molecular flexibility index (Phi) is 7.83. The number of epoxide rings is 1. The summed E-state index contributed by atoms with van der Waals surface area (Å²) in [6, 6.07) is 15.2. The highest BCUT2D eigenvalue weighted by Gasteiger charge is 2.50. The summed E-state index contributed by atoms with van der Waals surface area (Å²) in [5, 5.41) is 5.81. The second-order valence-corrected chi connectivity index (χ2v) is 9.31. The topological polar surface area (TPSA) is 106 Å². The molecule has 2 N–H and O–H groups in total. The van der Waals surface area contributed by atoms with E-state index < -0.39 is 23.6 Å². The van der Waals surface area contributed by atoms with Gasteiger partial charge in [-0.2, -0.15) is 0 Å². The smallest absolute Gasteiger partial charge is 0.243 e. The van der Waals surface area contributed by atoms with Gasteiger partial charge in [0.25, 0.3) is 0 Å². The highest BCUT2D eigenvalue weighted by Crippen LogP contribution is 2.29. The zero-order valence-electron chi connectivity index (χ0n) is 20.1. The average Bonchev–Trinajstić information content (AvgIpc) is 3.39. The van der Waals surface area contributed by atoms with Crippen molar-refractivity contribution in [2.45, 2.75) is 43.9 Å². The SMILES string of the molecule is COc1ccc(CC(NC(=O)[C@H]2CCOC2)C(=O)N[C@H](Cc2ccccc2)C(=O)[C@]2(C)CO2)cc1. The Hall–Kier alpha value is -3.23. The van der Waals surface area contributed by atoms with Crippen molar-refractivity contribution in [2.24, 2.45) is 5.92 Å². The third kappa shape index (κ3) is 6.46. The molecule has 2 heterocycles. The van der Waals surface area contributed by atoms with Crippen LogP contribution in [0.25, 0.3) is 0 Å². The molecular formula is C27H32N2O6. The van der Waals surface area contributed by atoms with Gasteiger partial charge in [0.2, 0.25) is 11.8 Å². The van der Waals surface area contributed by atoms with Gasteiger partial charge in [-0.05, 0) is 43.0 Å². The van der Waals surface area contributed by atoms with Gasteiger partial charge in [-0.25, -0.2) is 0 Å². The highest BCUT2D eigenvalue weighted by molar-refractivity contribution is 5.98. The van der Waals surface area contributed by atoms with E-state index in [1.165, 1.54) is 0 Å². The molecular weight excluding hydrogens is 448 g/mol. The number of ether oxygens (including phenoxy) is 3. The second-order valence-electron chi connectivity index (χ2n) is 9.31. The maximum Gasteiger partial charge on any atom is 0.243 e. The van der Waals surface area contributed by atoms with E-state index in [-0.39, 0.29) is 24.0 Å². The van der Waals surface area contributed by atoms with Crippen molar-refractivity contribution in [3.63, 3.8) is 0 Å². The summed E-state index contributed by atoms with van der Waals surface area (Å²) in [5.41, 5.74) is 0.898. The Morgan fingerprint density at radius 1 is 1.00 bits per heavy atom. The summed E-state index contributed by atoms with van der Waals surface area (Å²) in [6.45, 7) is 2.93. The van der Waals surface area contributed by atoms with E-state index in [1.54, 1.807) is 14.0 Å². The Labute approximate surface area is 205 Å². The number of carbonyl (C=O) groups excluding carboxylic acids is 3. The summed E-state index contributed by atoms with van der Waals surface area (Å²) < 4.78 is 15.9. The minimum absolute atomic E-state index is 0.173. The second kappa shape index (κ2) is 11.0. The van der Waals surface area contributed by atoms with Crippen LogP contribution >= 0.6 is 0 Å².